The SMILES string of the molecule is CSc1cccc(NC(C)Cn2ccnc2)c1C(=O)O. The molecule has 0 spiro atoms. The molecule has 0 radical (unpaired) electrons. The quantitative estimate of drug-likeness (QED) is 0.801. The minimum Gasteiger partial charge on any atom is -0.478 e. The Morgan fingerprint density at radius 3 is 2.95 bits per heavy atom. The number of aromatic nitrogens is 2. The van der Waals surface area contributed by atoms with Gasteiger partial charge in [0.15, 0.2) is 0 Å². The number of hydrogen-bond donors (Lipinski definition) is 2. The van der Waals surface area contributed by atoms with Gasteiger partial charge in [0.25, 0.3) is 0 Å². The summed E-state index contributed by atoms with van der Waals surface area (Å²) >= 11 is 1.43. The van der Waals surface area contributed by atoms with Crippen LogP contribution in [0.4, 0.5) is 5.69 Å². The number of carboxylic acids is 1. The van der Waals surface area contributed by atoms with Gasteiger partial charge in [-0.25, -0.2) is 9.78 Å². The van der Waals surface area contributed by atoms with Crippen LogP contribution in [0.3, 0.4) is 0 Å². The lowest BCUT2D eigenvalue weighted by atomic mass is 10.1. The zero-order valence-corrected chi connectivity index (χ0v) is 12.2. The first kappa shape index (κ1) is 14.5. The maximum Gasteiger partial charge on any atom is 0.338 e. The van der Waals surface area contributed by atoms with E-state index < -0.39 is 5.97 Å². The fourth-order valence-corrected chi connectivity index (χ4v) is 2.68. The number of nitrogens with zero attached hydrogens (tertiary/aromatic N) is 2. The van der Waals surface area contributed by atoms with E-state index in [1.807, 2.05) is 36.1 Å². The highest BCUT2D eigenvalue weighted by Crippen LogP contribution is 2.27. The third-order valence-electron chi connectivity index (χ3n) is 2.91. The third-order valence-corrected chi connectivity index (χ3v) is 3.69. The Morgan fingerprint density at radius 1 is 1.55 bits per heavy atom. The van der Waals surface area contributed by atoms with Gasteiger partial charge in [0.2, 0.25) is 0 Å². The van der Waals surface area contributed by atoms with Gasteiger partial charge in [-0.15, -0.1) is 11.8 Å². The van der Waals surface area contributed by atoms with Crippen LogP contribution in [0, 0.1) is 0 Å². The molecule has 1 aromatic heterocycles. The number of imidazole rings is 1. The Kier molecular flexibility index (Phi) is 4.68. The standard InChI is InChI=1S/C14H17N3O2S/c1-10(8-17-7-6-15-9-17)16-11-4-3-5-12(20-2)13(11)14(18)19/h3-7,9-10,16H,8H2,1-2H3,(H,18,19). The molecule has 2 aromatic rings. The Hall–Kier alpha value is -1.95. The molecule has 1 aromatic carbocycles. The number of carbonyl (C=O) groups is 1. The summed E-state index contributed by atoms with van der Waals surface area (Å²) in [4.78, 5) is 16.2. The van der Waals surface area contributed by atoms with Crippen molar-refractivity contribution in [2.45, 2.75) is 24.4 Å². The van der Waals surface area contributed by atoms with E-state index >= 15 is 0 Å². The molecular formula is C14H17N3O2S. The van der Waals surface area contributed by atoms with Gasteiger partial charge in [-0.2, -0.15) is 0 Å². The summed E-state index contributed by atoms with van der Waals surface area (Å²) in [6.45, 7) is 2.74. The van der Waals surface area contributed by atoms with E-state index in [2.05, 4.69) is 10.3 Å². The smallest absolute Gasteiger partial charge is 0.338 e. The number of nitrogens with one attached hydrogen (secondary N) is 1. The van der Waals surface area contributed by atoms with Crippen molar-refractivity contribution >= 4 is 23.4 Å². The Bertz CT molecular complexity index is 584. The van der Waals surface area contributed by atoms with Crippen molar-refractivity contribution in [2.24, 2.45) is 0 Å². The first-order valence-corrected chi connectivity index (χ1v) is 7.47. The van der Waals surface area contributed by atoms with Crippen molar-refractivity contribution in [2.75, 3.05) is 11.6 Å². The molecule has 5 nitrogen and oxygen atoms in total. The van der Waals surface area contributed by atoms with E-state index in [0.717, 1.165) is 11.4 Å². The molecule has 2 N–H and O–H groups in total. The first-order valence-electron chi connectivity index (χ1n) is 6.24. The summed E-state index contributed by atoms with van der Waals surface area (Å²) < 4.78 is 1.95. The fourth-order valence-electron chi connectivity index (χ4n) is 2.06. The number of thioether (sulfide) groups is 1. The number of carboxylic acid groups (broad SMARTS) is 1. The second kappa shape index (κ2) is 6.47. The predicted molar refractivity (Wildman–Crippen MR) is 80.5 cm³/mol. The van der Waals surface area contributed by atoms with Gasteiger partial charge in [0.05, 0.1) is 17.6 Å². The van der Waals surface area contributed by atoms with Crippen LogP contribution >= 0.6 is 11.8 Å². The molecule has 0 saturated carbocycles. The van der Waals surface area contributed by atoms with Crippen molar-refractivity contribution in [1.29, 1.82) is 0 Å². The van der Waals surface area contributed by atoms with Crippen LogP contribution in [0.25, 0.3) is 0 Å². The number of rotatable bonds is 6. The van der Waals surface area contributed by atoms with Gasteiger partial charge in [0.1, 0.15) is 0 Å². The van der Waals surface area contributed by atoms with E-state index in [1.165, 1.54) is 11.8 Å². The Morgan fingerprint density at radius 2 is 2.35 bits per heavy atom. The lowest BCUT2D eigenvalue weighted by Crippen LogP contribution is -2.22. The van der Waals surface area contributed by atoms with Crippen LogP contribution in [0.5, 0.6) is 0 Å². The lowest BCUT2D eigenvalue weighted by Gasteiger charge is -2.18. The molecule has 1 heterocycles. The van der Waals surface area contributed by atoms with Crippen LogP contribution in [-0.4, -0.2) is 32.9 Å². The number of hydrogen-bond acceptors (Lipinski definition) is 4. The second-order valence-corrected chi connectivity index (χ2v) is 5.34. The zero-order chi connectivity index (χ0) is 14.5. The molecule has 2 rings (SSSR count). The molecule has 106 valence electrons. The lowest BCUT2D eigenvalue weighted by molar-refractivity contribution is 0.0694. The van der Waals surface area contributed by atoms with Gasteiger partial charge in [-0.05, 0) is 25.3 Å². The van der Waals surface area contributed by atoms with Crippen LogP contribution in [-0.2, 0) is 6.54 Å². The topological polar surface area (TPSA) is 67.2 Å². The van der Waals surface area contributed by atoms with Crippen LogP contribution in [0.2, 0.25) is 0 Å². The molecule has 0 aliphatic carbocycles. The molecular weight excluding hydrogens is 274 g/mol. The van der Waals surface area contributed by atoms with Crippen LogP contribution in [0.1, 0.15) is 17.3 Å². The van der Waals surface area contributed by atoms with E-state index in [4.69, 9.17) is 0 Å². The molecule has 0 saturated heterocycles. The second-order valence-electron chi connectivity index (χ2n) is 4.49. The number of anilines is 1. The highest BCUT2D eigenvalue weighted by atomic mass is 32.2. The van der Waals surface area contributed by atoms with Crippen molar-refractivity contribution in [3.8, 4) is 0 Å². The van der Waals surface area contributed by atoms with Gasteiger partial charge in [-0.3, -0.25) is 0 Å². The van der Waals surface area contributed by atoms with Gasteiger partial charge < -0.3 is 15.0 Å². The summed E-state index contributed by atoms with van der Waals surface area (Å²) in [5.74, 6) is -0.910. The van der Waals surface area contributed by atoms with Crippen molar-refractivity contribution < 1.29 is 9.90 Å². The summed E-state index contributed by atoms with van der Waals surface area (Å²) in [5.41, 5.74) is 0.981. The molecule has 0 aliphatic heterocycles. The molecule has 0 amide bonds. The summed E-state index contributed by atoms with van der Waals surface area (Å²) in [6, 6.07) is 5.58. The van der Waals surface area contributed by atoms with Gasteiger partial charge in [0, 0.05) is 29.9 Å². The van der Waals surface area contributed by atoms with E-state index in [0.29, 0.717) is 11.3 Å². The predicted octanol–water partition coefficient (Wildman–Crippen LogP) is 2.80. The Labute approximate surface area is 122 Å². The molecule has 6 heteroatoms. The normalized spacial score (nSPS) is 12.1. The maximum atomic E-state index is 11.4. The minimum atomic E-state index is -0.910. The minimum absolute atomic E-state index is 0.0967. The van der Waals surface area contributed by atoms with Crippen molar-refractivity contribution in [3.63, 3.8) is 0 Å². The highest BCUT2D eigenvalue weighted by Gasteiger charge is 2.16. The summed E-state index contributed by atoms with van der Waals surface area (Å²) in [5, 5.41) is 12.6. The Balaban J connectivity index is 2.18. The van der Waals surface area contributed by atoms with E-state index in [-0.39, 0.29) is 6.04 Å². The monoisotopic (exact) mass is 291 g/mol. The van der Waals surface area contributed by atoms with Crippen LogP contribution in [0.15, 0.2) is 41.8 Å². The zero-order valence-electron chi connectivity index (χ0n) is 11.4. The maximum absolute atomic E-state index is 11.4. The van der Waals surface area contributed by atoms with Crippen molar-refractivity contribution in [1.82, 2.24) is 9.55 Å². The summed E-state index contributed by atoms with van der Waals surface area (Å²) in [6.07, 6.45) is 7.23. The molecule has 0 bridgehead atoms. The molecule has 1 atom stereocenters. The fraction of sp³-hybridized carbons (Fsp3) is 0.286. The van der Waals surface area contributed by atoms with Crippen molar-refractivity contribution in [3.05, 3.63) is 42.5 Å². The molecule has 0 aliphatic rings. The highest BCUT2D eigenvalue weighted by molar-refractivity contribution is 7.98. The molecule has 20 heavy (non-hydrogen) atoms. The van der Waals surface area contributed by atoms with Gasteiger partial charge >= 0.3 is 5.97 Å². The van der Waals surface area contributed by atoms with Gasteiger partial charge in [-0.1, -0.05) is 6.07 Å². The average Bonchev–Trinajstić information content (AvgIpc) is 2.90. The number of benzene rings is 1. The average molecular weight is 291 g/mol. The van der Waals surface area contributed by atoms with E-state index in [1.54, 1.807) is 18.6 Å². The molecule has 1 unspecified atom stereocenters. The molecule has 0 fully saturated rings. The number of aromatic carboxylic acids is 1. The largest absolute Gasteiger partial charge is 0.478 e. The third kappa shape index (κ3) is 3.33. The van der Waals surface area contributed by atoms with Crippen LogP contribution < -0.4 is 5.32 Å². The van der Waals surface area contributed by atoms with E-state index in [9.17, 15) is 9.90 Å². The summed E-state index contributed by atoms with van der Waals surface area (Å²) in [7, 11) is 0. The first-order chi connectivity index (χ1) is 9.61.